The molecular formula is C14H21FN2O. The van der Waals surface area contributed by atoms with Crippen molar-refractivity contribution in [3.63, 3.8) is 0 Å². The number of hydrogen-bond donors (Lipinski definition) is 1. The van der Waals surface area contributed by atoms with Crippen molar-refractivity contribution < 1.29 is 9.13 Å². The average Bonchev–Trinajstić information content (AvgIpc) is 2.84. The lowest BCUT2D eigenvalue weighted by molar-refractivity contribution is 0.110. The number of benzene rings is 1. The van der Waals surface area contributed by atoms with Crippen molar-refractivity contribution in [3.05, 3.63) is 29.6 Å². The van der Waals surface area contributed by atoms with Crippen molar-refractivity contribution in [1.82, 2.24) is 5.32 Å². The average molecular weight is 252 g/mol. The topological polar surface area (TPSA) is 24.5 Å². The van der Waals surface area contributed by atoms with Crippen molar-refractivity contribution in [1.29, 1.82) is 0 Å². The molecule has 0 radical (unpaired) electrons. The number of halogens is 1. The van der Waals surface area contributed by atoms with Crippen LogP contribution >= 0.6 is 0 Å². The molecule has 0 bridgehead atoms. The minimum absolute atomic E-state index is 0.178. The summed E-state index contributed by atoms with van der Waals surface area (Å²) in [7, 11) is 3.70. The highest BCUT2D eigenvalue weighted by molar-refractivity contribution is 5.48. The van der Waals surface area contributed by atoms with Crippen LogP contribution in [0.25, 0.3) is 0 Å². The van der Waals surface area contributed by atoms with E-state index in [0.717, 1.165) is 38.1 Å². The fourth-order valence-corrected chi connectivity index (χ4v) is 2.19. The molecule has 1 N–H and O–H groups in total. The molecule has 1 aromatic carbocycles. The number of anilines is 1. The molecule has 0 aliphatic carbocycles. The fraction of sp³-hybridized carbons (Fsp3) is 0.571. The van der Waals surface area contributed by atoms with Crippen molar-refractivity contribution >= 4 is 5.69 Å². The molecular weight excluding hydrogens is 231 g/mol. The summed E-state index contributed by atoms with van der Waals surface area (Å²) in [6, 6.07) is 5.24. The molecule has 1 aliphatic rings. The number of hydrogen-bond acceptors (Lipinski definition) is 3. The Hall–Kier alpha value is -1.13. The smallest absolute Gasteiger partial charge is 0.146 e. The molecule has 0 aromatic heterocycles. The van der Waals surface area contributed by atoms with E-state index in [2.05, 4.69) is 5.32 Å². The van der Waals surface area contributed by atoms with Gasteiger partial charge >= 0.3 is 0 Å². The van der Waals surface area contributed by atoms with Gasteiger partial charge in [-0.25, -0.2) is 4.39 Å². The van der Waals surface area contributed by atoms with Crippen LogP contribution < -0.4 is 10.2 Å². The summed E-state index contributed by atoms with van der Waals surface area (Å²) in [4.78, 5) is 1.79. The van der Waals surface area contributed by atoms with Gasteiger partial charge in [-0.3, -0.25) is 0 Å². The largest absolute Gasteiger partial charge is 0.377 e. The summed E-state index contributed by atoms with van der Waals surface area (Å²) >= 11 is 0. The van der Waals surface area contributed by atoms with Crippen molar-refractivity contribution in [3.8, 4) is 0 Å². The molecule has 1 saturated heterocycles. The molecule has 4 heteroatoms. The summed E-state index contributed by atoms with van der Waals surface area (Å²) < 4.78 is 19.0. The van der Waals surface area contributed by atoms with Crippen molar-refractivity contribution in [2.24, 2.45) is 0 Å². The highest BCUT2D eigenvalue weighted by Gasteiger charge is 2.14. The predicted octanol–water partition coefficient (Wildman–Crippen LogP) is 2.16. The molecule has 2 rings (SSSR count). The van der Waals surface area contributed by atoms with Crippen LogP contribution in [0.2, 0.25) is 0 Å². The van der Waals surface area contributed by atoms with Gasteiger partial charge in [0.1, 0.15) is 5.82 Å². The van der Waals surface area contributed by atoms with E-state index in [1.165, 1.54) is 6.07 Å². The molecule has 3 nitrogen and oxygen atoms in total. The van der Waals surface area contributed by atoms with Gasteiger partial charge in [0.15, 0.2) is 0 Å². The molecule has 1 fully saturated rings. The van der Waals surface area contributed by atoms with E-state index >= 15 is 0 Å². The maximum Gasteiger partial charge on any atom is 0.146 e. The standard InChI is InChI=1S/C14H21FN2O/c1-17(2)14-8-11(5-6-13(14)15)9-16-10-12-4-3-7-18-12/h5-6,8,12,16H,3-4,7,9-10H2,1-2H3. The van der Waals surface area contributed by atoms with Crippen LogP contribution in [-0.4, -0.2) is 33.4 Å². The van der Waals surface area contributed by atoms with E-state index < -0.39 is 0 Å². The van der Waals surface area contributed by atoms with Crippen LogP contribution in [0.4, 0.5) is 10.1 Å². The zero-order valence-corrected chi connectivity index (χ0v) is 11.1. The van der Waals surface area contributed by atoms with Gasteiger partial charge < -0.3 is 15.0 Å². The minimum atomic E-state index is -0.178. The van der Waals surface area contributed by atoms with Crippen LogP contribution in [0.15, 0.2) is 18.2 Å². The molecule has 1 aliphatic heterocycles. The van der Waals surface area contributed by atoms with E-state index in [0.29, 0.717) is 11.8 Å². The third-order valence-electron chi connectivity index (χ3n) is 3.22. The van der Waals surface area contributed by atoms with Crippen LogP contribution in [-0.2, 0) is 11.3 Å². The first-order valence-corrected chi connectivity index (χ1v) is 6.45. The maximum atomic E-state index is 13.5. The molecule has 1 atom stereocenters. The monoisotopic (exact) mass is 252 g/mol. The van der Waals surface area contributed by atoms with E-state index in [1.807, 2.05) is 26.2 Å². The quantitative estimate of drug-likeness (QED) is 0.869. The van der Waals surface area contributed by atoms with Crippen molar-refractivity contribution in [2.75, 3.05) is 32.1 Å². The van der Waals surface area contributed by atoms with Crippen LogP contribution in [0.5, 0.6) is 0 Å². The van der Waals surface area contributed by atoms with Gasteiger partial charge in [-0.1, -0.05) is 6.07 Å². The second-order valence-electron chi connectivity index (χ2n) is 4.95. The minimum Gasteiger partial charge on any atom is -0.377 e. The Balaban J connectivity index is 1.86. The van der Waals surface area contributed by atoms with Crippen LogP contribution in [0.3, 0.4) is 0 Å². The summed E-state index contributed by atoms with van der Waals surface area (Å²) in [6.45, 7) is 2.50. The summed E-state index contributed by atoms with van der Waals surface area (Å²) in [5, 5.41) is 3.36. The lowest BCUT2D eigenvalue weighted by atomic mass is 10.1. The Bertz CT molecular complexity index is 389. The number of ether oxygens (including phenoxy) is 1. The van der Waals surface area contributed by atoms with Gasteiger partial charge in [-0.05, 0) is 30.5 Å². The van der Waals surface area contributed by atoms with Gasteiger partial charge in [0.25, 0.3) is 0 Å². The zero-order chi connectivity index (χ0) is 13.0. The first-order valence-electron chi connectivity index (χ1n) is 6.45. The lowest BCUT2D eigenvalue weighted by Gasteiger charge is -2.15. The predicted molar refractivity (Wildman–Crippen MR) is 71.4 cm³/mol. The van der Waals surface area contributed by atoms with E-state index in [4.69, 9.17) is 4.74 Å². The highest BCUT2D eigenvalue weighted by Crippen LogP contribution is 2.18. The second-order valence-corrected chi connectivity index (χ2v) is 4.95. The lowest BCUT2D eigenvalue weighted by Crippen LogP contribution is -2.25. The number of nitrogens with one attached hydrogen (secondary N) is 1. The van der Waals surface area contributed by atoms with E-state index in [9.17, 15) is 4.39 Å². The van der Waals surface area contributed by atoms with Crippen molar-refractivity contribution in [2.45, 2.75) is 25.5 Å². The van der Waals surface area contributed by atoms with Gasteiger partial charge in [0.2, 0.25) is 0 Å². The fourth-order valence-electron chi connectivity index (χ4n) is 2.19. The summed E-state index contributed by atoms with van der Waals surface area (Å²) in [6.07, 6.45) is 2.64. The molecule has 1 aromatic rings. The Morgan fingerprint density at radius 1 is 1.44 bits per heavy atom. The Morgan fingerprint density at radius 3 is 2.94 bits per heavy atom. The molecule has 18 heavy (non-hydrogen) atoms. The van der Waals surface area contributed by atoms with E-state index in [-0.39, 0.29) is 5.82 Å². The Labute approximate surface area is 108 Å². The number of rotatable bonds is 5. The summed E-state index contributed by atoms with van der Waals surface area (Å²) in [5.41, 5.74) is 1.73. The third kappa shape index (κ3) is 3.43. The van der Waals surface area contributed by atoms with Gasteiger partial charge in [-0.2, -0.15) is 0 Å². The van der Waals surface area contributed by atoms with Gasteiger partial charge in [0.05, 0.1) is 11.8 Å². The van der Waals surface area contributed by atoms with Gasteiger partial charge in [-0.15, -0.1) is 0 Å². The molecule has 0 spiro atoms. The van der Waals surface area contributed by atoms with Gasteiger partial charge in [0, 0.05) is 33.8 Å². The molecule has 1 heterocycles. The molecule has 1 unspecified atom stereocenters. The second kappa shape index (κ2) is 6.16. The summed E-state index contributed by atoms with van der Waals surface area (Å²) in [5.74, 6) is -0.178. The van der Waals surface area contributed by atoms with E-state index in [1.54, 1.807) is 4.90 Å². The zero-order valence-electron chi connectivity index (χ0n) is 11.1. The first kappa shape index (κ1) is 13.3. The van der Waals surface area contributed by atoms with Crippen LogP contribution in [0, 0.1) is 5.82 Å². The maximum absolute atomic E-state index is 13.5. The third-order valence-corrected chi connectivity index (χ3v) is 3.22. The Kier molecular flexibility index (Phi) is 4.55. The molecule has 100 valence electrons. The SMILES string of the molecule is CN(C)c1cc(CNCC2CCCO2)ccc1F. The molecule has 0 amide bonds. The first-order chi connectivity index (χ1) is 8.66. The normalized spacial score (nSPS) is 19.2. The highest BCUT2D eigenvalue weighted by atomic mass is 19.1. The van der Waals surface area contributed by atoms with Crippen LogP contribution in [0.1, 0.15) is 18.4 Å². The number of nitrogens with zero attached hydrogens (tertiary/aromatic N) is 1. The molecule has 0 saturated carbocycles. The Morgan fingerprint density at radius 2 is 2.28 bits per heavy atom.